The number of fused-ring (bicyclic) bond motifs is 1. The number of rotatable bonds is 5. The van der Waals surface area contributed by atoms with E-state index in [0.717, 1.165) is 5.56 Å². The van der Waals surface area contributed by atoms with Crippen LogP contribution in [0.3, 0.4) is 0 Å². The second-order valence-electron chi connectivity index (χ2n) is 6.22. The van der Waals surface area contributed by atoms with Gasteiger partial charge in [0, 0.05) is 6.07 Å². The molecular weight excluding hydrogens is 392 g/mol. The Morgan fingerprint density at radius 3 is 2.45 bits per heavy atom. The molecule has 0 bridgehead atoms. The molecule has 4 rings (SSSR count). The number of ketones is 1. The zero-order valence-corrected chi connectivity index (χ0v) is 16.2. The molecule has 6 nitrogen and oxygen atoms in total. The molecule has 3 aromatic rings. The molecule has 0 atom stereocenters. The first kappa shape index (κ1) is 18.8. The minimum atomic E-state index is -3.98. The Kier molecular flexibility index (Phi) is 4.82. The number of hydrogen-bond acceptors (Lipinski definition) is 6. The Morgan fingerprint density at radius 2 is 1.69 bits per heavy atom. The Bertz CT molecular complexity index is 1210. The van der Waals surface area contributed by atoms with Gasteiger partial charge in [-0.05, 0) is 48.0 Å². The number of hydrogen-bond donors (Lipinski definition) is 0. The largest absolute Gasteiger partial charge is 0.497 e. The van der Waals surface area contributed by atoms with Gasteiger partial charge in [0.2, 0.25) is 5.78 Å². The third kappa shape index (κ3) is 3.86. The maximum absolute atomic E-state index is 12.6. The fourth-order valence-corrected chi connectivity index (χ4v) is 3.81. The van der Waals surface area contributed by atoms with Gasteiger partial charge >= 0.3 is 10.1 Å². The highest BCUT2D eigenvalue weighted by molar-refractivity contribution is 7.87. The number of benzene rings is 3. The lowest BCUT2D eigenvalue weighted by molar-refractivity contribution is 0.101. The molecule has 0 saturated heterocycles. The van der Waals surface area contributed by atoms with Gasteiger partial charge in [-0.15, -0.1) is 0 Å². The summed E-state index contributed by atoms with van der Waals surface area (Å²) in [4.78, 5) is 12.6. The normalized spacial score (nSPS) is 14.4. The summed E-state index contributed by atoms with van der Waals surface area (Å²) in [5, 5.41) is 0. The number of ether oxygens (including phenoxy) is 2. The molecule has 29 heavy (non-hydrogen) atoms. The standard InChI is InChI=1S/C22H16O6S/c1-26-16-7-5-6-15(12-16)13-21-22(23)19-11-10-17(14-20(19)27-21)28-29(24,25)18-8-3-2-4-9-18/h2-14H,1H3/b21-13-. The predicted octanol–water partition coefficient (Wildman–Crippen LogP) is 4.08. The van der Waals surface area contributed by atoms with Crippen LogP contribution in [0, 0.1) is 0 Å². The highest BCUT2D eigenvalue weighted by Crippen LogP contribution is 2.35. The smallest absolute Gasteiger partial charge is 0.339 e. The second kappa shape index (κ2) is 7.44. The average Bonchev–Trinajstić information content (AvgIpc) is 3.03. The van der Waals surface area contributed by atoms with E-state index in [1.807, 2.05) is 6.07 Å². The Balaban J connectivity index is 1.60. The van der Waals surface area contributed by atoms with Gasteiger partial charge in [-0.2, -0.15) is 8.42 Å². The van der Waals surface area contributed by atoms with Crippen LogP contribution in [0.2, 0.25) is 0 Å². The molecule has 0 aromatic heterocycles. The van der Waals surface area contributed by atoms with E-state index in [0.29, 0.717) is 11.3 Å². The van der Waals surface area contributed by atoms with Crippen molar-refractivity contribution >= 4 is 22.0 Å². The maximum atomic E-state index is 12.6. The molecule has 0 radical (unpaired) electrons. The second-order valence-corrected chi connectivity index (χ2v) is 7.77. The summed E-state index contributed by atoms with van der Waals surface area (Å²) >= 11 is 0. The topological polar surface area (TPSA) is 78.9 Å². The minimum Gasteiger partial charge on any atom is -0.497 e. The zero-order chi connectivity index (χ0) is 20.4. The Hall–Kier alpha value is -3.58. The van der Waals surface area contributed by atoms with Gasteiger partial charge in [-0.3, -0.25) is 4.79 Å². The molecule has 0 saturated carbocycles. The van der Waals surface area contributed by atoms with Crippen LogP contribution in [0.1, 0.15) is 15.9 Å². The van der Waals surface area contributed by atoms with Crippen LogP contribution in [-0.4, -0.2) is 21.3 Å². The highest BCUT2D eigenvalue weighted by atomic mass is 32.2. The summed E-state index contributed by atoms with van der Waals surface area (Å²) in [5.41, 5.74) is 1.08. The van der Waals surface area contributed by atoms with E-state index in [-0.39, 0.29) is 27.9 Å². The number of Topliss-reactive ketones (excluding diaryl/α,β-unsaturated/α-hetero) is 1. The molecule has 1 aliphatic rings. The van der Waals surface area contributed by atoms with Crippen molar-refractivity contribution in [3.63, 3.8) is 0 Å². The van der Waals surface area contributed by atoms with Crippen LogP contribution < -0.4 is 13.7 Å². The van der Waals surface area contributed by atoms with Crippen LogP contribution in [0.4, 0.5) is 0 Å². The molecule has 1 heterocycles. The Morgan fingerprint density at radius 1 is 0.897 bits per heavy atom. The van der Waals surface area contributed by atoms with Gasteiger partial charge in [0.25, 0.3) is 0 Å². The third-order valence-corrected chi connectivity index (χ3v) is 5.53. The lowest BCUT2D eigenvalue weighted by Crippen LogP contribution is -2.09. The van der Waals surface area contributed by atoms with E-state index in [4.69, 9.17) is 13.7 Å². The van der Waals surface area contributed by atoms with Crippen LogP contribution >= 0.6 is 0 Å². The van der Waals surface area contributed by atoms with Gasteiger partial charge < -0.3 is 13.7 Å². The summed E-state index contributed by atoms with van der Waals surface area (Å²) in [6, 6.07) is 19.3. The van der Waals surface area contributed by atoms with Gasteiger partial charge in [0.1, 0.15) is 22.1 Å². The number of allylic oxidation sites excluding steroid dienone is 1. The minimum absolute atomic E-state index is 0.0381. The number of carbonyl (C=O) groups is 1. The molecule has 0 fully saturated rings. The molecule has 1 aliphatic heterocycles. The number of carbonyl (C=O) groups excluding carboxylic acids is 1. The van der Waals surface area contributed by atoms with Crippen LogP contribution in [0.5, 0.6) is 17.2 Å². The van der Waals surface area contributed by atoms with Gasteiger partial charge in [-0.1, -0.05) is 30.3 Å². The van der Waals surface area contributed by atoms with E-state index in [1.54, 1.807) is 49.6 Å². The first-order valence-electron chi connectivity index (χ1n) is 8.68. The lowest BCUT2D eigenvalue weighted by Gasteiger charge is -2.07. The van der Waals surface area contributed by atoms with E-state index >= 15 is 0 Å². The van der Waals surface area contributed by atoms with Crippen LogP contribution in [-0.2, 0) is 10.1 Å². The van der Waals surface area contributed by atoms with E-state index < -0.39 is 10.1 Å². The predicted molar refractivity (Wildman–Crippen MR) is 107 cm³/mol. The average molecular weight is 408 g/mol. The summed E-state index contributed by atoms with van der Waals surface area (Å²) in [5.74, 6) is 0.800. The van der Waals surface area contributed by atoms with Crippen molar-refractivity contribution in [1.29, 1.82) is 0 Å². The molecule has 7 heteroatoms. The van der Waals surface area contributed by atoms with Crippen molar-refractivity contribution < 1.29 is 26.9 Å². The Labute approximate surface area is 168 Å². The molecule has 0 unspecified atom stereocenters. The highest BCUT2D eigenvalue weighted by Gasteiger charge is 2.28. The van der Waals surface area contributed by atoms with Gasteiger partial charge in [0.15, 0.2) is 5.76 Å². The van der Waals surface area contributed by atoms with E-state index in [1.165, 1.54) is 30.3 Å². The van der Waals surface area contributed by atoms with Crippen LogP contribution in [0.15, 0.2) is 83.5 Å². The van der Waals surface area contributed by atoms with Gasteiger partial charge in [-0.25, -0.2) is 0 Å². The monoisotopic (exact) mass is 408 g/mol. The third-order valence-electron chi connectivity index (χ3n) is 4.27. The molecular formula is C22H16O6S. The molecule has 0 N–H and O–H groups in total. The van der Waals surface area contributed by atoms with E-state index in [2.05, 4.69) is 0 Å². The fraction of sp³-hybridized carbons (Fsp3) is 0.0455. The quantitative estimate of drug-likeness (QED) is 0.468. The first-order valence-corrected chi connectivity index (χ1v) is 10.1. The van der Waals surface area contributed by atoms with Gasteiger partial charge in [0.05, 0.1) is 12.7 Å². The van der Waals surface area contributed by atoms with Crippen molar-refractivity contribution in [1.82, 2.24) is 0 Å². The SMILES string of the molecule is COc1cccc(/C=C2\Oc3cc(OS(=O)(=O)c4ccccc4)ccc3C2=O)c1. The lowest BCUT2D eigenvalue weighted by atomic mass is 10.1. The fourth-order valence-electron chi connectivity index (χ4n) is 2.86. The van der Waals surface area contributed by atoms with Crippen LogP contribution in [0.25, 0.3) is 6.08 Å². The summed E-state index contributed by atoms with van der Waals surface area (Å²) < 4.78 is 40.8. The number of methoxy groups -OCH3 is 1. The summed E-state index contributed by atoms with van der Waals surface area (Å²) in [6.07, 6.45) is 1.60. The maximum Gasteiger partial charge on any atom is 0.339 e. The molecule has 3 aromatic carbocycles. The first-order chi connectivity index (χ1) is 14.0. The molecule has 0 spiro atoms. The van der Waals surface area contributed by atoms with Crippen molar-refractivity contribution in [2.24, 2.45) is 0 Å². The van der Waals surface area contributed by atoms with Crippen molar-refractivity contribution in [3.8, 4) is 17.2 Å². The molecule has 0 amide bonds. The molecule has 146 valence electrons. The molecule has 0 aliphatic carbocycles. The van der Waals surface area contributed by atoms with Crippen molar-refractivity contribution in [2.45, 2.75) is 4.90 Å². The van der Waals surface area contributed by atoms with Crippen molar-refractivity contribution in [2.75, 3.05) is 7.11 Å². The van der Waals surface area contributed by atoms with Crippen molar-refractivity contribution in [3.05, 3.63) is 89.7 Å². The summed E-state index contributed by atoms with van der Waals surface area (Å²) in [6.45, 7) is 0. The van der Waals surface area contributed by atoms with E-state index in [9.17, 15) is 13.2 Å². The zero-order valence-electron chi connectivity index (χ0n) is 15.4. The summed E-state index contributed by atoms with van der Waals surface area (Å²) in [7, 11) is -2.42.